The molecule has 0 aliphatic carbocycles. The average molecular weight is 421 g/mol. The number of hydrogen-bond donors (Lipinski definition) is 3. The van der Waals surface area contributed by atoms with Gasteiger partial charge >= 0.3 is 0 Å². The highest BCUT2D eigenvalue weighted by Crippen LogP contribution is 2.29. The van der Waals surface area contributed by atoms with Crippen LogP contribution in [-0.2, 0) is 14.8 Å². The van der Waals surface area contributed by atoms with Gasteiger partial charge in [-0.1, -0.05) is 0 Å². The van der Waals surface area contributed by atoms with E-state index in [0.717, 1.165) is 51.9 Å². The topological polar surface area (TPSA) is 104 Å². The van der Waals surface area contributed by atoms with Gasteiger partial charge in [0.2, 0.25) is 10.0 Å². The summed E-state index contributed by atoms with van der Waals surface area (Å²) in [6, 6.07) is 1.43. The minimum atomic E-state index is -3.68. The number of sulfonamides is 1. The standard InChI is InChI=1S/C17H28N4O4S.ClH/c1-25-13-17(4-6-18-7-5-17)12-20-26(23,24)14-10-15(19-11-14)16(22)21-8-2-3-9-21;/h10-11,18-20H,2-9,12-13H2,1H3;1H. The number of carbonyl (C=O) groups excluding carboxylic acids is 1. The lowest BCUT2D eigenvalue weighted by Crippen LogP contribution is -2.47. The summed E-state index contributed by atoms with van der Waals surface area (Å²) in [5, 5.41) is 3.29. The van der Waals surface area contributed by atoms with E-state index in [-0.39, 0.29) is 28.6 Å². The summed E-state index contributed by atoms with van der Waals surface area (Å²) in [5.74, 6) is -0.141. The monoisotopic (exact) mass is 420 g/mol. The van der Waals surface area contributed by atoms with Crippen LogP contribution in [0.1, 0.15) is 36.2 Å². The number of piperidine rings is 1. The lowest BCUT2D eigenvalue weighted by molar-refractivity contribution is 0.0577. The fourth-order valence-electron chi connectivity index (χ4n) is 3.71. The van der Waals surface area contributed by atoms with Gasteiger partial charge in [-0.25, -0.2) is 13.1 Å². The molecule has 2 fully saturated rings. The molecule has 0 atom stereocenters. The molecule has 1 aromatic heterocycles. The van der Waals surface area contributed by atoms with Crippen molar-refractivity contribution < 1.29 is 17.9 Å². The molecule has 2 aliphatic heterocycles. The van der Waals surface area contributed by atoms with Crippen LogP contribution in [-0.4, -0.2) is 70.6 Å². The number of ether oxygens (including phenoxy) is 1. The van der Waals surface area contributed by atoms with Crippen molar-refractivity contribution >= 4 is 28.3 Å². The quantitative estimate of drug-likeness (QED) is 0.609. The smallest absolute Gasteiger partial charge is 0.270 e. The first-order valence-electron chi connectivity index (χ1n) is 9.13. The summed E-state index contributed by atoms with van der Waals surface area (Å²) < 4.78 is 33.4. The highest BCUT2D eigenvalue weighted by Gasteiger charge is 2.34. The van der Waals surface area contributed by atoms with E-state index in [1.54, 1.807) is 12.0 Å². The lowest BCUT2D eigenvalue weighted by Gasteiger charge is -2.37. The molecule has 8 nitrogen and oxygen atoms in total. The van der Waals surface area contributed by atoms with Crippen LogP contribution in [0.3, 0.4) is 0 Å². The van der Waals surface area contributed by atoms with Crippen molar-refractivity contribution in [3.63, 3.8) is 0 Å². The second-order valence-corrected chi connectivity index (χ2v) is 9.02. The number of aromatic amines is 1. The maximum atomic E-state index is 12.7. The third kappa shape index (κ3) is 5.23. The zero-order valence-corrected chi connectivity index (χ0v) is 17.3. The summed E-state index contributed by atoms with van der Waals surface area (Å²) in [6.07, 6.45) is 5.09. The number of hydrogen-bond acceptors (Lipinski definition) is 5. The van der Waals surface area contributed by atoms with Crippen molar-refractivity contribution in [1.82, 2.24) is 19.9 Å². The van der Waals surface area contributed by atoms with Crippen molar-refractivity contribution in [2.75, 3.05) is 46.4 Å². The van der Waals surface area contributed by atoms with Gasteiger partial charge in [0.05, 0.1) is 6.61 Å². The van der Waals surface area contributed by atoms with Crippen LogP contribution in [0.4, 0.5) is 0 Å². The number of nitrogens with zero attached hydrogens (tertiary/aromatic N) is 1. The molecule has 0 aromatic carbocycles. The SMILES string of the molecule is COCC1(CNS(=O)(=O)c2c[nH]c(C(=O)N3CCCC3)c2)CCNCC1.Cl. The summed E-state index contributed by atoms with van der Waals surface area (Å²) in [7, 11) is -2.04. The second kappa shape index (κ2) is 9.38. The number of methoxy groups -OCH3 is 1. The zero-order chi connectivity index (χ0) is 18.6. The van der Waals surface area contributed by atoms with Crippen LogP contribution in [0.2, 0.25) is 0 Å². The molecular formula is C17H29ClN4O4S. The van der Waals surface area contributed by atoms with Crippen LogP contribution >= 0.6 is 12.4 Å². The summed E-state index contributed by atoms with van der Waals surface area (Å²) in [6.45, 7) is 4.00. The van der Waals surface area contributed by atoms with Crippen LogP contribution in [0.25, 0.3) is 0 Å². The Balaban J connectivity index is 0.00000261. The molecule has 1 amide bonds. The van der Waals surface area contributed by atoms with Crippen molar-refractivity contribution in [2.24, 2.45) is 5.41 Å². The fraction of sp³-hybridized carbons (Fsp3) is 0.706. The van der Waals surface area contributed by atoms with Gasteiger partial charge in [0.25, 0.3) is 5.91 Å². The Kier molecular flexibility index (Phi) is 7.70. The second-order valence-electron chi connectivity index (χ2n) is 7.26. The highest BCUT2D eigenvalue weighted by molar-refractivity contribution is 7.89. The van der Waals surface area contributed by atoms with Gasteiger partial charge in [-0.05, 0) is 44.8 Å². The number of halogens is 1. The number of carbonyl (C=O) groups is 1. The maximum Gasteiger partial charge on any atom is 0.270 e. The fourth-order valence-corrected chi connectivity index (χ4v) is 4.86. The Morgan fingerprint density at radius 1 is 1.30 bits per heavy atom. The third-order valence-corrected chi connectivity index (χ3v) is 6.72. The van der Waals surface area contributed by atoms with Gasteiger partial charge in [0.1, 0.15) is 10.6 Å². The predicted octanol–water partition coefficient (Wildman–Crippen LogP) is 0.967. The Hall–Kier alpha value is -1.13. The van der Waals surface area contributed by atoms with Gasteiger partial charge < -0.3 is 19.9 Å². The molecule has 0 radical (unpaired) electrons. The number of nitrogens with one attached hydrogen (secondary N) is 3. The summed E-state index contributed by atoms with van der Waals surface area (Å²) in [5.41, 5.74) is 0.123. The van der Waals surface area contributed by atoms with Crippen molar-refractivity contribution in [1.29, 1.82) is 0 Å². The van der Waals surface area contributed by atoms with E-state index in [4.69, 9.17) is 4.74 Å². The molecular weight excluding hydrogens is 392 g/mol. The normalized spacial score (nSPS) is 19.7. The number of likely N-dealkylation sites (tertiary alicyclic amines) is 1. The van der Waals surface area contributed by atoms with Gasteiger partial charge in [0, 0.05) is 38.4 Å². The van der Waals surface area contributed by atoms with E-state index in [0.29, 0.717) is 18.8 Å². The number of amides is 1. The third-order valence-electron chi connectivity index (χ3n) is 5.34. The first-order valence-corrected chi connectivity index (χ1v) is 10.6. The van der Waals surface area contributed by atoms with Gasteiger partial charge in [-0.2, -0.15) is 0 Å². The molecule has 0 unspecified atom stereocenters. The van der Waals surface area contributed by atoms with Gasteiger partial charge in [-0.15, -0.1) is 12.4 Å². The molecule has 154 valence electrons. The van der Waals surface area contributed by atoms with Gasteiger partial charge in [-0.3, -0.25) is 4.79 Å². The molecule has 2 saturated heterocycles. The number of aromatic nitrogens is 1. The largest absolute Gasteiger partial charge is 0.384 e. The Morgan fingerprint density at radius 2 is 1.96 bits per heavy atom. The minimum Gasteiger partial charge on any atom is -0.384 e. The van der Waals surface area contributed by atoms with E-state index in [1.165, 1.54) is 12.3 Å². The first-order chi connectivity index (χ1) is 12.5. The van der Waals surface area contributed by atoms with E-state index in [1.807, 2.05) is 0 Å². The predicted molar refractivity (Wildman–Crippen MR) is 105 cm³/mol. The molecule has 10 heteroatoms. The van der Waals surface area contributed by atoms with Crippen molar-refractivity contribution in [3.8, 4) is 0 Å². The number of H-pyrrole nitrogens is 1. The Labute approximate surface area is 166 Å². The minimum absolute atomic E-state index is 0. The van der Waals surface area contributed by atoms with Gasteiger partial charge in [0.15, 0.2) is 0 Å². The molecule has 2 aliphatic rings. The van der Waals surface area contributed by atoms with E-state index in [9.17, 15) is 13.2 Å². The molecule has 0 spiro atoms. The Morgan fingerprint density at radius 3 is 2.59 bits per heavy atom. The van der Waals surface area contributed by atoms with Crippen LogP contribution in [0.15, 0.2) is 17.2 Å². The molecule has 3 rings (SSSR count). The maximum absolute atomic E-state index is 12.7. The molecule has 3 N–H and O–H groups in total. The summed E-state index contributed by atoms with van der Waals surface area (Å²) in [4.78, 5) is 17.0. The van der Waals surface area contributed by atoms with Crippen LogP contribution < -0.4 is 10.0 Å². The van der Waals surface area contributed by atoms with Crippen molar-refractivity contribution in [2.45, 2.75) is 30.6 Å². The van der Waals surface area contributed by atoms with E-state index < -0.39 is 10.0 Å². The molecule has 3 heterocycles. The van der Waals surface area contributed by atoms with Crippen LogP contribution in [0, 0.1) is 5.41 Å². The Bertz CT molecular complexity index is 720. The first kappa shape index (κ1) is 22.2. The molecule has 1 aromatic rings. The zero-order valence-electron chi connectivity index (χ0n) is 15.6. The van der Waals surface area contributed by atoms with E-state index >= 15 is 0 Å². The summed E-state index contributed by atoms with van der Waals surface area (Å²) >= 11 is 0. The molecule has 0 bridgehead atoms. The molecule has 0 saturated carbocycles. The highest BCUT2D eigenvalue weighted by atomic mass is 35.5. The van der Waals surface area contributed by atoms with E-state index in [2.05, 4.69) is 15.0 Å². The molecule has 27 heavy (non-hydrogen) atoms. The number of rotatable bonds is 7. The average Bonchev–Trinajstić information content (AvgIpc) is 3.33. The lowest BCUT2D eigenvalue weighted by atomic mass is 9.80. The van der Waals surface area contributed by atoms with Crippen LogP contribution in [0.5, 0.6) is 0 Å². The van der Waals surface area contributed by atoms with Crippen molar-refractivity contribution in [3.05, 3.63) is 18.0 Å².